The van der Waals surface area contributed by atoms with Gasteiger partial charge in [-0.2, -0.15) is 5.10 Å². The molecule has 2 heterocycles. The van der Waals surface area contributed by atoms with Crippen LogP contribution in [0.5, 0.6) is 0 Å². The lowest BCUT2D eigenvalue weighted by molar-refractivity contribution is 0.140. The van der Waals surface area contributed by atoms with Crippen LogP contribution in [0.4, 0.5) is 0 Å². The van der Waals surface area contributed by atoms with E-state index in [1.165, 1.54) is 31.9 Å². The van der Waals surface area contributed by atoms with Gasteiger partial charge in [-0.15, -0.1) is 0 Å². The van der Waals surface area contributed by atoms with Gasteiger partial charge in [0.1, 0.15) is 0 Å². The molecule has 0 saturated carbocycles. The van der Waals surface area contributed by atoms with Crippen LogP contribution in [0.3, 0.4) is 0 Å². The molecule has 1 aliphatic heterocycles. The summed E-state index contributed by atoms with van der Waals surface area (Å²) >= 11 is 0. The summed E-state index contributed by atoms with van der Waals surface area (Å²) in [7, 11) is 2.20. The maximum atomic E-state index is 4.79. The fourth-order valence-electron chi connectivity index (χ4n) is 3.45. The van der Waals surface area contributed by atoms with Crippen molar-refractivity contribution in [2.75, 3.05) is 59.4 Å². The van der Waals surface area contributed by atoms with Gasteiger partial charge in [0.25, 0.3) is 0 Å². The molecule has 2 rings (SSSR count). The van der Waals surface area contributed by atoms with E-state index >= 15 is 0 Å². The molecule has 1 atom stereocenters. The highest BCUT2D eigenvalue weighted by molar-refractivity contribution is 5.79. The van der Waals surface area contributed by atoms with Crippen LogP contribution in [-0.4, -0.2) is 84.9 Å². The summed E-state index contributed by atoms with van der Waals surface area (Å²) in [6, 6.07) is 2.13. The molecule has 0 bridgehead atoms. The van der Waals surface area contributed by atoms with E-state index in [2.05, 4.69) is 64.1 Å². The zero-order chi connectivity index (χ0) is 19.6. The largest absolute Gasteiger partial charge is 0.357 e. The summed E-state index contributed by atoms with van der Waals surface area (Å²) in [6.07, 6.45) is 1.03. The van der Waals surface area contributed by atoms with Crippen molar-refractivity contribution in [2.24, 2.45) is 10.9 Å². The Morgan fingerprint density at radius 3 is 2.59 bits per heavy atom. The molecule has 2 N–H and O–H groups in total. The van der Waals surface area contributed by atoms with Crippen molar-refractivity contribution in [2.45, 2.75) is 40.7 Å². The Morgan fingerprint density at radius 1 is 1.22 bits per heavy atom. The molecule has 0 spiro atoms. The van der Waals surface area contributed by atoms with E-state index in [0.29, 0.717) is 5.92 Å². The summed E-state index contributed by atoms with van der Waals surface area (Å²) in [5, 5.41) is 11.3. The minimum absolute atomic E-state index is 0.568. The molecule has 0 radical (unpaired) electrons. The van der Waals surface area contributed by atoms with Crippen molar-refractivity contribution in [3.05, 3.63) is 17.5 Å². The Kier molecular flexibility index (Phi) is 9.07. The highest BCUT2D eigenvalue weighted by Crippen LogP contribution is 2.05. The van der Waals surface area contributed by atoms with Crippen LogP contribution in [0, 0.1) is 19.8 Å². The molecule has 1 aromatic heterocycles. The number of hydrogen-bond acceptors (Lipinski definition) is 4. The fourth-order valence-corrected chi connectivity index (χ4v) is 3.45. The Morgan fingerprint density at radius 2 is 1.96 bits per heavy atom. The molecule has 0 amide bonds. The van der Waals surface area contributed by atoms with Crippen molar-refractivity contribution in [1.82, 2.24) is 30.2 Å². The van der Waals surface area contributed by atoms with Gasteiger partial charge in [-0.1, -0.05) is 6.92 Å². The van der Waals surface area contributed by atoms with Crippen LogP contribution in [0.25, 0.3) is 0 Å². The molecule has 1 aromatic rings. The topological polar surface area (TPSA) is 60.7 Å². The van der Waals surface area contributed by atoms with Crippen molar-refractivity contribution >= 4 is 5.96 Å². The van der Waals surface area contributed by atoms with Crippen molar-refractivity contribution in [3.63, 3.8) is 0 Å². The van der Waals surface area contributed by atoms with Gasteiger partial charge in [-0.05, 0) is 46.2 Å². The van der Waals surface area contributed by atoms with E-state index < -0.39 is 0 Å². The second kappa shape index (κ2) is 11.3. The van der Waals surface area contributed by atoms with Gasteiger partial charge in [0.05, 0.1) is 5.69 Å². The van der Waals surface area contributed by atoms with Crippen LogP contribution in [0.1, 0.15) is 31.7 Å². The number of nitrogens with zero attached hydrogens (tertiary/aromatic N) is 5. The minimum atomic E-state index is 0.568. The number of likely N-dealkylation sites (N-methyl/N-ethyl adjacent to an activating group) is 1. The predicted octanol–water partition coefficient (Wildman–Crippen LogP) is 1.33. The number of rotatable bonds is 9. The first-order valence-corrected chi connectivity index (χ1v) is 10.4. The highest BCUT2D eigenvalue weighted by Gasteiger charge is 2.15. The van der Waals surface area contributed by atoms with E-state index in [1.807, 2.05) is 6.92 Å². The second-order valence-corrected chi connectivity index (χ2v) is 7.86. The van der Waals surface area contributed by atoms with Gasteiger partial charge in [-0.3, -0.25) is 9.67 Å². The van der Waals surface area contributed by atoms with Crippen LogP contribution in [0.2, 0.25) is 0 Å². The molecule has 1 aliphatic rings. The van der Waals surface area contributed by atoms with Crippen molar-refractivity contribution in [3.8, 4) is 0 Å². The fraction of sp³-hybridized carbons (Fsp3) is 0.800. The zero-order valence-corrected chi connectivity index (χ0v) is 18.0. The minimum Gasteiger partial charge on any atom is -0.357 e. The van der Waals surface area contributed by atoms with Gasteiger partial charge in [0.15, 0.2) is 5.96 Å². The third-order valence-corrected chi connectivity index (χ3v) is 5.01. The molecule has 1 unspecified atom stereocenters. The Hall–Kier alpha value is -1.60. The zero-order valence-electron chi connectivity index (χ0n) is 18.0. The molecular weight excluding hydrogens is 338 g/mol. The van der Waals surface area contributed by atoms with Crippen LogP contribution < -0.4 is 10.6 Å². The molecule has 7 nitrogen and oxygen atoms in total. The summed E-state index contributed by atoms with van der Waals surface area (Å²) in [6.45, 7) is 18.0. The third kappa shape index (κ3) is 7.89. The number of nitrogens with one attached hydrogen (secondary N) is 2. The quantitative estimate of drug-likeness (QED) is 0.386. The number of aromatic nitrogens is 2. The Bertz CT molecular complexity index is 573. The number of piperazine rings is 1. The number of aryl methyl sites for hydroxylation is 3. The van der Waals surface area contributed by atoms with Gasteiger partial charge in [0, 0.05) is 64.6 Å². The van der Waals surface area contributed by atoms with E-state index in [-0.39, 0.29) is 0 Å². The van der Waals surface area contributed by atoms with E-state index in [9.17, 15) is 0 Å². The molecule has 0 aliphatic carbocycles. The Labute approximate surface area is 165 Å². The monoisotopic (exact) mass is 377 g/mol. The first kappa shape index (κ1) is 21.7. The van der Waals surface area contributed by atoms with Gasteiger partial charge >= 0.3 is 0 Å². The summed E-state index contributed by atoms with van der Waals surface area (Å²) in [4.78, 5) is 9.76. The molecule has 154 valence electrons. The molecule has 0 aromatic carbocycles. The average Bonchev–Trinajstić information content (AvgIpc) is 2.95. The van der Waals surface area contributed by atoms with Crippen molar-refractivity contribution in [1.29, 1.82) is 0 Å². The molecule has 1 fully saturated rings. The normalized spacial score (nSPS) is 17.9. The molecule has 1 saturated heterocycles. The average molecular weight is 378 g/mol. The summed E-state index contributed by atoms with van der Waals surface area (Å²) in [5.74, 6) is 1.50. The first-order chi connectivity index (χ1) is 13.0. The lowest BCUT2D eigenvalue weighted by Gasteiger charge is -2.33. The maximum absolute atomic E-state index is 4.79. The van der Waals surface area contributed by atoms with E-state index in [1.54, 1.807) is 0 Å². The Balaban J connectivity index is 1.70. The van der Waals surface area contributed by atoms with Crippen LogP contribution in [0.15, 0.2) is 11.1 Å². The van der Waals surface area contributed by atoms with E-state index in [0.717, 1.165) is 50.8 Å². The summed E-state index contributed by atoms with van der Waals surface area (Å²) in [5.41, 5.74) is 2.32. The second-order valence-electron chi connectivity index (χ2n) is 7.86. The molecular formula is C20H39N7. The van der Waals surface area contributed by atoms with Gasteiger partial charge in [-0.25, -0.2) is 0 Å². The third-order valence-electron chi connectivity index (χ3n) is 5.01. The molecule has 7 heteroatoms. The smallest absolute Gasteiger partial charge is 0.191 e. The molecule has 27 heavy (non-hydrogen) atoms. The van der Waals surface area contributed by atoms with Crippen molar-refractivity contribution < 1.29 is 0 Å². The number of aliphatic imine (C=N–C) groups is 1. The van der Waals surface area contributed by atoms with Crippen LogP contribution >= 0.6 is 0 Å². The highest BCUT2D eigenvalue weighted by atomic mass is 15.3. The SMILES string of the molecule is CCNC(=NCC(C)CN1CCN(C)CC1)NCCCn1nc(C)cc1C. The van der Waals surface area contributed by atoms with E-state index in [4.69, 9.17) is 4.99 Å². The first-order valence-electron chi connectivity index (χ1n) is 10.4. The summed E-state index contributed by atoms with van der Waals surface area (Å²) < 4.78 is 2.08. The number of guanidine groups is 1. The number of hydrogen-bond donors (Lipinski definition) is 2. The van der Waals surface area contributed by atoms with Gasteiger partial charge < -0.3 is 20.4 Å². The van der Waals surface area contributed by atoms with Gasteiger partial charge in [0.2, 0.25) is 0 Å². The predicted molar refractivity (Wildman–Crippen MR) is 113 cm³/mol. The lowest BCUT2D eigenvalue weighted by atomic mass is 10.1. The standard InChI is InChI=1S/C20H39N7/c1-6-21-20(22-8-7-9-27-19(4)14-18(3)24-27)23-15-17(2)16-26-12-10-25(5)11-13-26/h14,17H,6-13,15-16H2,1-5H3,(H2,21,22,23). The van der Waals surface area contributed by atoms with Crippen LogP contribution in [-0.2, 0) is 6.54 Å². The lowest BCUT2D eigenvalue weighted by Crippen LogP contribution is -2.46. The maximum Gasteiger partial charge on any atom is 0.191 e.